The summed E-state index contributed by atoms with van der Waals surface area (Å²) in [6, 6.07) is 10.1. The lowest BCUT2D eigenvalue weighted by Crippen LogP contribution is -2.07. The van der Waals surface area contributed by atoms with Gasteiger partial charge in [-0.15, -0.1) is 0 Å². The number of nitrogens with one attached hydrogen (secondary N) is 1. The Morgan fingerprint density at radius 1 is 1.29 bits per heavy atom. The average Bonchev–Trinajstić information content (AvgIpc) is 2.68. The highest BCUT2D eigenvalue weighted by Crippen LogP contribution is 2.07. The Bertz CT molecular complexity index is 514. The fraction of sp³-hybridized carbons (Fsp3) is 0.231. The van der Waals surface area contributed by atoms with E-state index in [-0.39, 0.29) is 5.91 Å². The summed E-state index contributed by atoms with van der Waals surface area (Å²) in [7, 11) is 0. The van der Waals surface area contributed by atoms with Crippen molar-refractivity contribution in [2.24, 2.45) is 0 Å². The third kappa shape index (κ3) is 3.17. The fourth-order valence-electron chi connectivity index (χ4n) is 1.58. The van der Waals surface area contributed by atoms with Gasteiger partial charge in [-0.2, -0.15) is 5.10 Å². The molecule has 0 saturated carbocycles. The molecule has 2 rings (SSSR count). The molecule has 0 bridgehead atoms. The SMILES string of the molecule is CC(=O)Nc1ccn(Cc2ccc(C)cc2)n1. The van der Waals surface area contributed by atoms with Gasteiger partial charge in [0.05, 0.1) is 6.54 Å². The van der Waals surface area contributed by atoms with Crippen molar-refractivity contribution < 1.29 is 4.79 Å². The van der Waals surface area contributed by atoms with E-state index < -0.39 is 0 Å². The number of anilines is 1. The molecule has 4 heteroatoms. The molecule has 0 unspecified atom stereocenters. The average molecular weight is 229 g/mol. The molecule has 1 aromatic carbocycles. The van der Waals surface area contributed by atoms with Crippen LogP contribution >= 0.6 is 0 Å². The van der Waals surface area contributed by atoms with E-state index in [1.807, 2.05) is 6.20 Å². The monoisotopic (exact) mass is 229 g/mol. The lowest BCUT2D eigenvalue weighted by atomic mass is 10.1. The van der Waals surface area contributed by atoms with Crippen LogP contribution in [0.3, 0.4) is 0 Å². The molecule has 1 aromatic heterocycles. The first-order valence-electron chi connectivity index (χ1n) is 5.50. The van der Waals surface area contributed by atoms with Gasteiger partial charge in [0.25, 0.3) is 0 Å². The zero-order valence-corrected chi connectivity index (χ0v) is 9.97. The van der Waals surface area contributed by atoms with Crippen LogP contribution in [-0.2, 0) is 11.3 Å². The van der Waals surface area contributed by atoms with Gasteiger partial charge in [-0.05, 0) is 12.5 Å². The summed E-state index contributed by atoms with van der Waals surface area (Å²) in [5.74, 6) is 0.482. The molecule has 1 heterocycles. The second-order valence-corrected chi connectivity index (χ2v) is 4.07. The van der Waals surface area contributed by atoms with Gasteiger partial charge < -0.3 is 5.32 Å². The molecule has 88 valence electrons. The van der Waals surface area contributed by atoms with Crippen LogP contribution < -0.4 is 5.32 Å². The number of hydrogen-bond donors (Lipinski definition) is 1. The first-order chi connectivity index (χ1) is 8.13. The van der Waals surface area contributed by atoms with Crippen LogP contribution in [-0.4, -0.2) is 15.7 Å². The number of carbonyl (C=O) groups excluding carboxylic acids is 1. The third-order valence-electron chi connectivity index (χ3n) is 2.41. The number of aryl methyl sites for hydroxylation is 1. The van der Waals surface area contributed by atoms with Crippen LogP contribution in [0.2, 0.25) is 0 Å². The van der Waals surface area contributed by atoms with Crippen molar-refractivity contribution in [1.29, 1.82) is 0 Å². The van der Waals surface area contributed by atoms with Gasteiger partial charge in [0, 0.05) is 19.2 Å². The summed E-state index contributed by atoms with van der Waals surface area (Å²) in [5, 5.41) is 6.90. The Hall–Kier alpha value is -2.10. The van der Waals surface area contributed by atoms with Crippen LogP contribution in [0.25, 0.3) is 0 Å². The van der Waals surface area contributed by atoms with E-state index >= 15 is 0 Å². The summed E-state index contributed by atoms with van der Waals surface area (Å²) in [6.45, 7) is 4.24. The van der Waals surface area contributed by atoms with Crippen molar-refractivity contribution in [2.75, 3.05) is 5.32 Å². The van der Waals surface area contributed by atoms with Gasteiger partial charge in [-0.25, -0.2) is 0 Å². The smallest absolute Gasteiger partial charge is 0.222 e. The number of hydrogen-bond acceptors (Lipinski definition) is 2. The van der Waals surface area contributed by atoms with Gasteiger partial charge in [0.15, 0.2) is 5.82 Å². The molecule has 0 atom stereocenters. The molecule has 4 nitrogen and oxygen atoms in total. The lowest BCUT2D eigenvalue weighted by Gasteiger charge is -2.02. The molecule has 1 amide bonds. The van der Waals surface area contributed by atoms with E-state index in [9.17, 15) is 4.79 Å². The molecule has 0 aliphatic heterocycles. The molecule has 0 radical (unpaired) electrons. The molecule has 2 aromatic rings. The van der Waals surface area contributed by atoms with E-state index in [1.165, 1.54) is 18.1 Å². The van der Waals surface area contributed by atoms with Gasteiger partial charge in [0.1, 0.15) is 0 Å². The summed E-state index contributed by atoms with van der Waals surface area (Å²) >= 11 is 0. The number of amides is 1. The predicted molar refractivity (Wildman–Crippen MR) is 66.8 cm³/mol. The third-order valence-corrected chi connectivity index (χ3v) is 2.41. The highest BCUT2D eigenvalue weighted by atomic mass is 16.1. The molecule has 0 saturated heterocycles. The second kappa shape index (κ2) is 4.82. The van der Waals surface area contributed by atoms with Crippen LogP contribution in [0.4, 0.5) is 5.82 Å². The minimum absolute atomic E-state index is 0.106. The Morgan fingerprint density at radius 3 is 2.65 bits per heavy atom. The van der Waals surface area contributed by atoms with E-state index in [1.54, 1.807) is 10.7 Å². The summed E-state index contributed by atoms with van der Waals surface area (Å²) in [6.07, 6.45) is 1.85. The molecular weight excluding hydrogens is 214 g/mol. The van der Waals surface area contributed by atoms with E-state index in [0.717, 1.165) is 0 Å². The maximum atomic E-state index is 10.9. The Kier molecular flexibility index (Phi) is 3.23. The fourth-order valence-corrected chi connectivity index (χ4v) is 1.58. The number of carbonyl (C=O) groups is 1. The Morgan fingerprint density at radius 2 is 2.00 bits per heavy atom. The minimum Gasteiger partial charge on any atom is -0.309 e. The molecule has 0 fully saturated rings. The molecule has 17 heavy (non-hydrogen) atoms. The lowest BCUT2D eigenvalue weighted by molar-refractivity contribution is -0.114. The first-order valence-corrected chi connectivity index (χ1v) is 5.50. The van der Waals surface area contributed by atoms with E-state index in [4.69, 9.17) is 0 Å². The van der Waals surface area contributed by atoms with E-state index in [2.05, 4.69) is 41.6 Å². The van der Waals surface area contributed by atoms with E-state index in [0.29, 0.717) is 12.4 Å². The Balaban J connectivity index is 2.06. The zero-order valence-electron chi connectivity index (χ0n) is 9.97. The Labute approximate surface area is 100 Å². The topological polar surface area (TPSA) is 46.9 Å². The van der Waals surface area contributed by atoms with Crippen molar-refractivity contribution >= 4 is 11.7 Å². The van der Waals surface area contributed by atoms with Crippen molar-refractivity contribution in [2.45, 2.75) is 20.4 Å². The van der Waals surface area contributed by atoms with Crippen molar-refractivity contribution in [3.63, 3.8) is 0 Å². The minimum atomic E-state index is -0.106. The number of benzene rings is 1. The molecule has 1 N–H and O–H groups in total. The van der Waals surface area contributed by atoms with Crippen LogP contribution in [0.5, 0.6) is 0 Å². The highest BCUT2D eigenvalue weighted by molar-refractivity contribution is 5.87. The maximum absolute atomic E-state index is 10.9. The summed E-state index contributed by atoms with van der Waals surface area (Å²) < 4.78 is 1.80. The van der Waals surface area contributed by atoms with Crippen LogP contribution in [0.1, 0.15) is 18.1 Å². The largest absolute Gasteiger partial charge is 0.309 e. The highest BCUT2D eigenvalue weighted by Gasteiger charge is 2.01. The molecular formula is C13H15N3O. The number of nitrogens with zero attached hydrogens (tertiary/aromatic N) is 2. The number of rotatable bonds is 3. The van der Waals surface area contributed by atoms with Crippen molar-refractivity contribution in [3.8, 4) is 0 Å². The summed E-state index contributed by atoms with van der Waals surface area (Å²) in [5.41, 5.74) is 2.43. The quantitative estimate of drug-likeness (QED) is 0.877. The molecule has 0 spiro atoms. The molecule has 0 aliphatic carbocycles. The van der Waals surface area contributed by atoms with Crippen molar-refractivity contribution in [1.82, 2.24) is 9.78 Å². The second-order valence-electron chi connectivity index (χ2n) is 4.07. The molecule has 0 aliphatic rings. The first kappa shape index (κ1) is 11.4. The van der Waals surface area contributed by atoms with Gasteiger partial charge in [-0.3, -0.25) is 9.48 Å². The predicted octanol–water partition coefficient (Wildman–Crippen LogP) is 2.20. The zero-order chi connectivity index (χ0) is 12.3. The standard InChI is InChI=1S/C13H15N3O/c1-10-3-5-12(6-4-10)9-16-8-7-13(15-16)14-11(2)17/h3-8H,9H2,1-2H3,(H,14,15,17). The van der Waals surface area contributed by atoms with Crippen LogP contribution in [0.15, 0.2) is 36.5 Å². The number of aromatic nitrogens is 2. The van der Waals surface area contributed by atoms with Gasteiger partial charge in [-0.1, -0.05) is 29.8 Å². The normalized spacial score (nSPS) is 10.2. The van der Waals surface area contributed by atoms with Crippen molar-refractivity contribution in [3.05, 3.63) is 47.7 Å². The van der Waals surface area contributed by atoms with Gasteiger partial charge in [0.2, 0.25) is 5.91 Å². The summed E-state index contributed by atoms with van der Waals surface area (Å²) in [4.78, 5) is 10.9. The maximum Gasteiger partial charge on any atom is 0.222 e. The van der Waals surface area contributed by atoms with Gasteiger partial charge >= 0.3 is 0 Å². The van der Waals surface area contributed by atoms with Crippen LogP contribution in [0, 0.1) is 6.92 Å².